The molecule has 200 valence electrons. The molecule has 38 heavy (non-hydrogen) atoms. The van der Waals surface area contributed by atoms with E-state index in [4.69, 9.17) is 0 Å². The number of hydrogen-bond acceptors (Lipinski definition) is 2. The third kappa shape index (κ3) is 9.75. The van der Waals surface area contributed by atoms with Crippen LogP contribution in [0.4, 0.5) is 5.69 Å². The Hall–Kier alpha value is -3.51. The highest BCUT2D eigenvalue weighted by molar-refractivity contribution is 5.94. The molecule has 0 fully saturated rings. The fraction of sp³-hybridized carbons (Fsp3) is 0.400. The summed E-state index contributed by atoms with van der Waals surface area (Å²) in [6.07, 6.45) is 10.3. The van der Waals surface area contributed by atoms with Crippen LogP contribution in [0.1, 0.15) is 105 Å². The molecule has 3 heteroatoms. The summed E-state index contributed by atoms with van der Waals surface area (Å²) < 4.78 is 0. The highest BCUT2D eigenvalue weighted by Gasteiger charge is 2.11. The lowest BCUT2D eigenvalue weighted by molar-refractivity contribution is 0.0940. The second-order valence-electron chi connectivity index (χ2n) is 10.1. The van der Waals surface area contributed by atoms with Crippen LogP contribution in [0.25, 0.3) is 0 Å². The number of amides is 1. The van der Waals surface area contributed by atoms with E-state index in [2.05, 4.69) is 60.2 Å². The largest absolute Gasteiger partial charge is 0.372 e. The van der Waals surface area contributed by atoms with Gasteiger partial charge in [-0.25, -0.2) is 0 Å². The van der Waals surface area contributed by atoms with Crippen LogP contribution in [-0.2, 0) is 0 Å². The van der Waals surface area contributed by atoms with E-state index in [1.807, 2.05) is 61.5 Å². The number of unbranched alkanes of at least 4 members (excludes halogenated alkanes) is 6. The molecule has 0 spiro atoms. The highest BCUT2D eigenvalue weighted by Crippen LogP contribution is 2.18. The summed E-state index contributed by atoms with van der Waals surface area (Å²) in [5, 5.41) is 3.06. The minimum Gasteiger partial charge on any atom is -0.372 e. The fourth-order valence-corrected chi connectivity index (χ4v) is 4.54. The lowest BCUT2D eigenvalue weighted by atomic mass is 10.1. The van der Waals surface area contributed by atoms with Crippen LogP contribution in [0.5, 0.6) is 0 Å². The normalized spacial score (nSPS) is 11.3. The van der Waals surface area contributed by atoms with Gasteiger partial charge in [-0.05, 0) is 73.9 Å². The number of anilines is 1. The molecule has 0 aliphatic carbocycles. The van der Waals surface area contributed by atoms with E-state index < -0.39 is 0 Å². The molecular formula is C35H44N2O. The number of carbonyl (C=O) groups is 1. The smallest absolute Gasteiger partial charge is 0.251 e. The summed E-state index contributed by atoms with van der Waals surface area (Å²) in [5.41, 5.74) is 4.93. The van der Waals surface area contributed by atoms with Gasteiger partial charge in [0.2, 0.25) is 0 Å². The Balaban J connectivity index is 1.58. The number of hydrogen-bond donors (Lipinski definition) is 1. The lowest BCUT2D eigenvalue weighted by Crippen LogP contribution is -2.26. The molecular weight excluding hydrogens is 464 g/mol. The van der Waals surface area contributed by atoms with Gasteiger partial charge in [0.05, 0.1) is 6.04 Å². The van der Waals surface area contributed by atoms with Crippen LogP contribution in [0, 0.1) is 11.8 Å². The van der Waals surface area contributed by atoms with Gasteiger partial charge in [-0.15, -0.1) is 0 Å². The van der Waals surface area contributed by atoms with Gasteiger partial charge in [-0.3, -0.25) is 4.79 Å². The second-order valence-corrected chi connectivity index (χ2v) is 10.1. The van der Waals surface area contributed by atoms with Gasteiger partial charge in [-0.2, -0.15) is 0 Å². The first-order valence-corrected chi connectivity index (χ1v) is 14.4. The number of benzene rings is 3. The quantitative estimate of drug-likeness (QED) is 0.175. The van der Waals surface area contributed by atoms with Crippen LogP contribution in [0.3, 0.4) is 0 Å². The molecule has 1 N–H and O–H groups in total. The molecule has 3 rings (SSSR count). The van der Waals surface area contributed by atoms with Crippen LogP contribution in [0.2, 0.25) is 0 Å². The summed E-state index contributed by atoms with van der Waals surface area (Å²) in [5.74, 6) is 6.45. The van der Waals surface area contributed by atoms with Crippen molar-refractivity contribution in [3.05, 3.63) is 101 Å². The molecule has 3 nitrogen and oxygen atoms in total. The van der Waals surface area contributed by atoms with Gasteiger partial charge >= 0.3 is 0 Å². The first-order valence-electron chi connectivity index (χ1n) is 14.4. The van der Waals surface area contributed by atoms with Gasteiger partial charge in [0.1, 0.15) is 0 Å². The van der Waals surface area contributed by atoms with Crippen molar-refractivity contribution >= 4 is 11.6 Å². The predicted octanol–water partition coefficient (Wildman–Crippen LogP) is 8.54. The fourth-order valence-electron chi connectivity index (χ4n) is 4.54. The monoisotopic (exact) mass is 508 g/mol. The number of nitrogens with zero attached hydrogens (tertiary/aromatic N) is 1. The van der Waals surface area contributed by atoms with E-state index in [-0.39, 0.29) is 11.9 Å². The van der Waals surface area contributed by atoms with Crippen molar-refractivity contribution in [3.8, 4) is 11.8 Å². The summed E-state index contributed by atoms with van der Waals surface area (Å²) in [4.78, 5) is 15.2. The Morgan fingerprint density at radius 2 is 1.24 bits per heavy atom. The molecule has 0 saturated heterocycles. The van der Waals surface area contributed by atoms with Crippen molar-refractivity contribution in [1.82, 2.24) is 5.32 Å². The van der Waals surface area contributed by atoms with Crippen LogP contribution in [0.15, 0.2) is 78.9 Å². The minimum absolute atomic E-state index is 0.0465. The van der Waals surface area contributed by atoms with Gasteiger partial charge < -0.3 is 10.2 Å². The molecule has 0 aliphatic heterocycles. The zero-order valence-corrected chi connectivity index (χ0v) is 23.5. The Labute approximate surface area is 230 Å². The average molecular weight is 509 g/mol. The molecule has 0 unspecified atom stereocenters. The van der Waals surface area contributed by atoms with Gasteiger partial charge in [0, 0.05) is 35.5 Å². The van der Waals surface area contributed by atoms with Gasteiger partial charge in [0.25, 0.3) is 5.91 Å². The Kier molecular flexibility index (Phi) is 12.5. The SMILES string of the molecule is CCCCCCN(CCCCCC)c1ccc(C#Cc2ccc(C(=O)N[C@@H](C)c3ccccc3)cc2)cc1. The van der Waals surface area contributed by atoms with E-state index >= 15 is 0 Å². The highest BCUT2D eigenvalue weighted by atomic mass is 16.1. The van der Waals surface area contributed by atoms with E-state index in [0.29, 0.717) is 5.56 Å². The molecule has 0 bridgehead atoms. The molecule has 0 heterocycles. The third-order valence-corrected chi connectivity index (χ3v) is 6.94. The zero-order valence-electron chi connectivity index (χ0n) is 23.5. The molecule has 0 saturated carbocycles. The number of rotatable bonds is 14. The molecule has 0 aromatic heterocycles. The summed E-state index contributed by atoms with van der Waals surface area (Å²) >= 11 is 0. The maximum Gasteiger partial charge on any atom is 0.251 e. The van der Waals surface area contributed by atoms with Crippen LogP contribution in [-0.4, -0.2) is 19.0 Å². The maximum absolute atomic E-state index is 12.7. The van der Waals surface area contributed by atoms with E-state index in [0.717, 1.165) is 29.8 Å². The van der Waals surface area contributed by atoms with Gasteiger partial charge in [-0.1, -0.05) is 94.5 Å². The van der Waals surface area contributed by atoms with E-state index in [9.17, 15) is 4.79 Å². The first-order chi connectivity index (χ1) is 18.6. The van der Waals surface area contributed by atoms with E-state index in [1.54, 1.807) is 0 Å². The third-order valence-electron chi connectivity index (χ3n) is 6.94. The standard InChI is InChI=1S/C35H44N2O/c1-4-6-8-13-27-37(28-14-9-7-5-2)34-25-21-31(22-26-34)18-17-30-19-23-33(24-20-30)35(38)36-29(3)32-15-11-10-12-16-32/h10-12,15-16,19-26,29H,4-9,13-14,27-28H2,1-3H3,(H,36,38)/t29-/m0/s1. The Morgan fingerprint density at radius 3 is 1.76 bits per heavy atom. The summed E-state index contributed by atoms with van der Waals surface area (Å²) in [7, 11) is 0. The summed E-state index contributed by atoms with van der Waals surface area (Å²) in [6, 6.07) is 26.1. The lowest BCUT2D eigenvalue weighted by Gasteiger charge is -2.25. The molecule has 1 amide bonds. The average Bonchev–Trinajstić information content (AvgIpc) is 2.96. The molecule has 1 atom stereocenters. The Bertz CT molecular complexity index is 1130. The minimum atomic E-state index is -0.0783. The van der Waals surface area contributed by atoms with Crippen molar-refractivity contribution < 1.29 is 4.79 Å². The van der Waals surface area contributed by atoms with Crippen molar-refractivity contribution in [2.45, 2.75) is 78.2 Å². The van der Waals surface area contributed by atoms with Crippen molar-refractivity contribution in [1.29, 1.82) is 0 Å². The molecule has 0 aliphatic rings. The zero-order chi connectivity index (χ0) is 27.0. The Morgan fingerprint density at radius 1 is 0.711 bits per heavy atom. The number of carbonyl (C=O) groups excluding carboxylic acids is 1. The van der Waals surface area contributed by atoms with Crippen LogP contribution >= 0.6 is 0 Å². The second kappa shape index (κ2) is 16.4. The predicted molar refractivity (Wildman–Crippen MR) is 162 cm³/mol. The molecule has 3 aromatic rings. The maximum atomic E-state index is 12.7. The topological polar surface area (TPSA) is 32.3 Å². The van der Waals surface area contributed by atoms with E-state index in [1.165, 1.54) is 57.1 Å². The number of nitrogens with one attached hydrogen (secondary N) is 1. The molecule has 3 aromatic carbocycles. The van der Waals surface area contributed by atoms with Crippen molar-refractivity contribution in [2.75, 3.05) is 18.0 Å². The van der Waals surface area contributed by atoms with Crippen molar-refractivity contribution in [3.63, 3.8) is 0 Å². The van der Waals surface area contributed by atoms with Gasteiger partial charge in [0.15, 0.2) is 0 Å². The van der Waals surface area contributed by atoms with Crippen LogP contribution < -0.4 is 10.2 Å². The van der Waals surface area contributed by atoms with Crippen molar-refractivity contribution in [2.24, 2.45) is 0 Å². The summed E-state index contributed by atoms with van der Waals surface area (Å²) in [6.45, 7) is 8.78. The first kappa shape index (κ1) is 29.1. The molecule has 0 radical (unpaired) electrons.